The zero-order valence-corrected chi connectivity index (χ0v) is 12.9. The van der Waals surface area contributed by atoms with E-state index in [1.165, 1.54) is 51.6 Å². The van der Waals surface area contributed by atoms with E-state index in [-0.39, 0.29) is 0 Å². The summed E-state index contributed by atoms with van der Waals surface area (Å²) in [4.78, 5) is 2.53. The summed E-state index contributed by atoms with van der Waals surface area (Å²) in [5, 5.41) is 3.78. The molecule has 0 aromatic rings. The Balaban J connectivity index is 1.55. The minimum Gasteiger partial charge on any atom is -0.379 e. The van der Waals surface area contributed by atoms with E-state index < -0.39 is 0 Å². The fourth-order valence-electron chi connectivity index (χ4n) is 3.30. The van der Waals surface area contributed by atoms with Gasteiger partial charge < -0.3 is 10.1 Å². The maximum absolute atomic E-state index is 5.38. The Kier molecular flexibility index (Phi) is 6.11. The van der Waals surface area contributed by atoms with Crippen LogP contribution in [0, 0.1) is 5.41 Å². The summed E-state index contributed by atoms with van der Waals surface area (Å²) in [5.41, 5.74) is 0.574. The Bertz CT molecular complexity index is 249. The summed E-state index contributed by atoms with van der Waals surface area (Å²) in [5.74, 6) is 0. The molecule has 2 aliphatic rings. The molecule has 0 spiro atoms. The Morgan fingerprint density at radius 2 is 1.95 bits per heavy atom. The second-order valence-electron chi connectivity index (χ2n) is 7.05. The molecule has 1 atom stereocenters. The summed E-state index contributed by atoms with van der Waals surface area (Å²) in [6.45, 7) is 11.4. The van der Waals surface area contributed by atoms with E-state index in [9.17, 15) is 0 Å². The predicted molar refractivity (Wildman–Crippen MR) is 80.5 cm³/mol. The highest BCUT2D eigenvalue weighted by Crippen LogP contribution is 2.33. The first-order chi connectivity index (χ1) is 9.16. The molecule has 1 aliphatic carbocycles. The van der Waals surface area contributed by atoms with Crippen LogP contribution in [-0.4, -0.2) is 50.3 Å². The molecule has 3 heteroatoms. The quantitative estimate of drug-likeness (QED) is 0.613. The van der Waals surface area contributed by atoms with Gasteiger partial charge >= 0.3 is 0 Å². The number of morpholine rings is 1. The van der Waals surface area contributed by atoms with Crippen LogP contribution < -0.4 is 5.32 Å². The van der Waals surface area contributed by atoms with E-state index >= 15 is 0 Å². The van der Waals surface area contributed by atoms with Crippen molar-refractivity contribution in [3.05, 3.63) is 0 Å². The van der Waals surface area contributed by atoms with Crippen LogP contribution in [0.4, 0.5) is 0 Å². The maximum atomic E-state index is 5.38. The highest BCUT2D eigenvalue weighted by Gasteiger charge is 2.23. The van der Waals surface area contributed by atoms with Gasteiger partial charge in [-0.15, -0.1) is 0 Å². The second-order valence-corrected chi connectivity index (χ2v) is 7.05. The lowest BCUT2D eigenvalue weighted by atomic mass is 9.85. The number of hydrogen-bond acceptors (Lipinski definition) is 3. The van der Waals surface area contributed by atoms with Crippen LogP contribution in [0.3, 0.4) is 0 Å². The van der Waals surface area contributed by atoms with Gasteiger partial charge in [-0.3, -0.25) is 4.90 Å². The Labute approximate surface area is 119 Å². The zero-order chi connectivity index (χ0) is 13.6. The molecule has 0 aromatic carbocycles. The van der Waals surface area contributed by atoms with Gasteiger partial charge in [-0.05, 0) is 50.6 Å². The molecule has 19 heavy (non-hydrogen) atoms. The van der Waals surface area contributed by atoms with Gasteiger partial charge in [-0.2, -0.15) is 0 Å². The Hall–Kier alpha value is -0.120. The minimum atomic E-state index is 0.574. The largest absolute Gasteiger partial charge is 0.379 e. The third-order valence-corrected chi connectivity index (χ3v) is 4.76. The van der Waals surface area contributed by atoms with Crippen LogP contribution in [0.1, 0.15) is 52.4 Å². The van der Waals surface area contributed by atoms with Crippen molar-refractivity contribution in [2.45, 2.75) is 58.4 Å². The van der Waals surface area contributed by atoms with Gasteiger partial charge in [-0.25, -0.2) is 0 Å². The normalized spacial score (nSPS) is 29.1. The number of nitrogens with one attached hydrogen (secondary N) is 1. The maximum Gasteiger partial charge on any atom is 0.0594 e. The molecule has 0 amide bonds. The summed E-state index contributed by atoms with van der Waals surface area (Å²) in [6, 6.07) is 0.770. The van der Waals surface area contributed by atoms with Gasteiger partial charge in [-0.1, -0.05) is 20.3 Å². The average molecular weight is 268 g/mol. The van der Waals surface area contributed by atoms with E-state index in [4.69, 9.17) is 4.74 Å². The van der Waals surface area contributed by atoms with Crippen molar-refractivity contribution in [3.63, 3.8) is 0 Å². The van der Waals surface area contributed by atoms with Crippen LogP contribution in [0.2, 0.25) is 0 Å². The van der Waals surface area contributed by atoms with E-state index in [0.29, 0.717) is 5.41 Å². The van der Waals surface area contributed by atoms with Crippen LogP contribution in [-0.2, 0) is 4.74 Å². The van der Waals surface area contributed by atoms with Gasteiger partial charge in [0.25, 0.3) is 0 Å². The third kappa shape index (κ3) is 5.80. The molecule has 1 saturated carbocycles. The molecular weight excluding hydrogens is 236 g/mol. The van der Waals surface area contributed by atoms with Crippen LogP contribution in [0.25, 0.3) is 0 Å². The first kappa shape index (κ1) is 15.3. The van der Waals surface area contributed by atoms with Crippen LogP contribution >= 0.6 is 0 Å². The number of nitrogens with zero attached hydrogens (tertiary/aromatic N) is 1. The Morgan fingerprint density at radius 1 is 1.16 bits per heavy atom. The van der Waals surface area contributed by atoms with Gasteiger partial charge in [0.2, 0.25) is 0 Å². The van der Waals surface area contributed by atoms with Crippen LogP contribution in [0.5, 0.6) is 0 Å². The second kappa shape index (κ2) is 7.61. The van der Waals surface area contributed by atoms with E-state index in [1.807, 2.05) is 0 Å². The minimum absolute atomic E-state index is 0.574. The zero-order valence-electron chi connectivity index (χ0n) is 12.9. The molecule has 112 valence electrons. The molecule has 1 N–H and O–H groups in total. The first-order valence-corrected chi connectivity index (χ1v) is 8.19. The molecule has 0 aromatic heterocycles. The van der Waals surface area contributed by atoms with Gasteiger partial charge in [0.1, 0.15) is 0 Å². The fraction of sp³-hybridized carbons (Fsp3) is 1.00. The summed E-state index contributed by atoms with van der Waals surface area (Å²) < 4.78 is 5.38. The molecule has 1 unspecified atom stereocenters. The molecule has 2 fully saturated rings. The van der Waals surface area contributed by atoms with Crippen molar-refractivity contribution >= 4 is 0 Å². The molecule has 1 saturated heterocycles. The molecule has 0 bridgehead atoms. The highest BCUT2D eigenvalue weighted by molar-refractivity contribution is 4.79. The lowest BCUT2D eigenvalue weighted by molar-refractivity contribution is 0.0373. The SMILES string of the molecule is CC1(C)CCCC(NCCCN2CCOCC2)CC1. The molecule has 1 heterocycles. The summed E-state index contributed by atoms with van der Waals surface area (Å²) in [7, 11) is 0. The fourth-order valence-corrected chi connectivity index (χ4v) is 3.30. The van der Waals surface area contributed by atoms with E-state index in [0.717, 1.165) is 32.3 Å². The summed E-state index contributed by atoms with van der Waals surface area (Å²) in [6.07, 6.45) is 8.20. The van der Waals surface area contributed by atoms with Crippen LogP contribution in [0.15, 0.2) is 0 Å². The Morgan fingerprint density at radius 3 is 2.74 bits per heavy atom. The van der Waals surface area contributed by atoms with E-state index in [2.05, 4.69) is 24.1 Å². The lowest BCUT2D eigenvalue weighted by Gasteiger charge is -2.27. The smallest absolute Gasteiger partial charge is 0.0594 e. The van der Waals surface area contributed by atoms with Crippen molar-refractivity contribution in [3.8, 4) is 0 Å². The first-order valence-electron chi connectivity index (χ1n) is 8.19. The van der Waals surface area contributed by atoms with E-state index in [1.54, 1.807) is 0 Å². The third-order valence-electron chi connectivity index (χ3n) is 4.76. The molecule has 0 radical (unpaired) electrons. The van der Waals surface area contributed by atoms with Gasteiger partial charge in [0.15, 0.2) is 0 Å². The number of ether oxygens (including phenoxy) is 1. The lowest BCUT2D eigenvalue weighted by Crippen LogP contribution is -2.38. The molecular formula is C16H32N2O. The molecule has 2 rings (SSSR count). The topological polar surface area (TPSA) is 24.5 Å². The van der Waals surface area contributed by atoms with Crippen molar-refractivity contribution < 1.29 is 4.74 Å². The molecule has 3 nitrogen and oxygen atoms in total. The highest BCUT2D eigenvalue weighted by atomic mass is 16.5. The van der Waals surface area contributed by atoms with Crippen molar-refractivity contribution in [1.82, 2.24) is 10.2 Å². The predicted octanol–water partition coefficient (Wildman–Crippen LogP) is 2.66. The number of hydrogen-bond donors (Lipinski definition) is 1. The standard InChI is InChI=1S/C16H32N2O/c1-16(2)7-3-5-15(6-8-16)17-9-4-10-18-11-13-19-14-12-18/h15,17H,3-14H2,1-2H3. The van der Waals surface area contributed by atoms with Gasteiger partial charge in [0, 0.05) is 19.1 Å². The molecule has 1 aliphatic heterocycles. The number of rotatable bonds is 5. The van der Waals surface area contributed by atoms with Crippen molar-refractivity contribution in [2.24, 2.45) is 5.41 Å². The monoisotopic (exact) mass is 268 g/mol. The van der Waals surface area contributed by atoms with Crippen molar-refractivity contribution in [1.29, 1.82) is 0 Å². The summed E-state index contributed by atoms with van der Waals surface area (Å²) >= 11 is 0. The van der Waals surface area contributed by atoms with Gasteiger partial charge in [0.05, 0.1) is 13.2 Å². The average Bonchev–Trinajstić information content (AvgIpc) is 2.57. The van der Waals surface area contributed by atoms with Crippen molar-refractivity contribution in [2.75, 3.05) is 39.4 Å².